The standard InChI is InChI=1S/C10H5NO3/c1-2-3-4-5-6-7-8-9(12)14-10(13)11-8/h1,12H,7H2,(H,11,13). The molecule has 1 heterocycles. The van der Waals surface area contributed by atoms with E-state index in [1.807, 2.05) is 0 Å². The van der Waals surface area contributed by atoms with Crippen molar-refractivity contribution in [2.45, 2.75) is 6.42 Å². The lowest BCUT2D eigenvalue weighted by Gasteiger charge is -1.84. The number of aromatic nitrogens is 1. The largest absolute Gasteiger partial charge is 0.479 e. The fourth-order valence-corrected chi connectivity index (χ4v) is 0.716. The number of nitrogens with one attached hydrogen (secondary N) is 1. The molecule has 4 heteroatoms. The molecule has 0 spiro atoms. The zero-order valence-corrected chi connectivity index (χ0v) is 7.05. The van der Waals surface area contributed by atoms with Crippen molar-refractivity contribution in [3.8, 4) is 42.0 Å². The Kier molecular flexibility index (Phi) is 3.08. The number of terminal acetylenes is 1. The molecule has 68 valence electrons. The van der Waals surface area contributed by atoms with Gasteiger partial charge < -0.3 is 9.52 Å². The van der Waals surface area contributed by atoms with E-state index in [1.165, 1.54) is 0 Å². The molecule has 0 radical (unpaired) electrons. The van der Waals surface area contributed by atoms with Crippen molar-refractivity contribution in [2.24, 2.45) is 0 Å². The van der Waals surface area contributed by atoms with Gasteiger partial charge in [-0.3, -0.25) is 4.98 Å². The molecule has 0 unspecified atom stereocenters. The fourth-order valence-electron chi connectivity index (χ4n) is 0.716. The zero-order chi connectivity index (χ0) is 10.4. The van der Waals surface area contributed by atoms with Crippen LogP contribution in [0.2, 0.25) is 0 Å². The molecule has 2 N–H and O–H groups in total. The normalized spacial score (nSPS) is 7.64. The minimum atomic E-state index is -0.714. The van der Waals surface area contributed by atoms with Gasteiger partial charge in [-0.1, -0.05) is 5.92 Å². The third-order valence-electron chi connectivity index (χ3n) is 1.25. The van der Waals surface area contributed by atoms with Crippen LogP contribution < -0.4 is 5.76 Å². The predicted octanol–water partition coefficient (Wildman–Crippen LogP) is -0.144. The van der Waals surface area contributed by atoms with Crippen molar-refractivity contribution in [2.75, 3.05) is 0 Å². The molecular formula is C10H5NO3. The van der Waals surface area contributed by atoms with E-state index in [-0.39, 0.29) is 12.1 Å². The van der Waals surface area contributed by atoms with Gasteiger partial charge in [-0.25, -0.2) is 4.79 Å². The van der Waals surface area contributed by atoms with E-state index in [1.54, 1.807) is 0 Å². The van der Waals surface area contributed by atoms with Crippen molar-refractivity contribution in [1.29, 1.82) is 0 Å². The van der Waals surface area contributed by atoms with Crippen LogP contribution in [0.1, 0.15) is 5.69 Å². The Morgan fingerprint density at radius 1 is 1.43 bits per heavy atom. The highest BCUT2D eigenvalue weighted by atomic mass is 16.5. The number of aromatic hydroxyl groups is 1. The molecule has 0 fully saturated rings. The molecule has 1 aromatic rings. The van der Waals surface area contributed by atoms with Crippen molar-refractivity contribution in [3.05, 3.63) is 16.2 Å². The molecule has 4 nitrogen and oxygen atoms in total. The van der Waals surface area contributed by atoms with Gasteiger partial charge in [0.15, 0.2) is 0 Å². The van der Waals surface area contributed by atoms with Gasteiger partial charge in [0.25, 0.3) is 0 Å². The number of H-pyrrole nitrogens is 1. The summed E-state index contributed by atoms with van der Waals surface area (Å²) in [5.74, 6) is 10.6. The van der Waals surface area contributed by atoms with Crippen molar-refractivity contribution >= 4 is 0 Å². The number of hydrogen-bond acceptors (Lipinski definition) is 3. The third kappa shape index (κ3) is 2.52. The zero-order valence-electron chi connectivity index (χ0n) is 7.05. The summed E-state index contributed by atoms with van der Waals surface area (Å²) < 4.78 is 4.30. The van der Waals surface area contributed by atoms with Crippen molar-refractivity contribution < 1.29 is 9.52 Å². The Labute approximate surface area is 80.0 Å². The second-order valence-electron chi connectivity index (χ2n) is 2.17. The smallest absolute Gasteiger partial charge is 0.419 e. The number of hydrogen-bond donors (Lipinski definition) is 2. The highest BCUT2D eigenvalue weighted by molar-refractivity contribution is 5.35. The molecule has 0 aliphatic heterocycles. The first-order valence-corrected chi connectivity index (χ1v) is 3.58. The van der Waals surface area contributed by atoms with Gasteiger partial charge in [-0.05, 0) is 23.7 Å². The SMILES string of the molecule is C#CC#CC#CCc1[nH]c(=O)oc1O. The van der Waals surface area contributed by atoms with Gasteiger partial charge in [0, 0.05) is 0 Å². The molecule has 0 aromatic carbocycles. The summed E-state index contributed by atoms with van der Waals surface area (Å²) in [7, 11) is 0. The van der Waals surface area contributed by atoms with Crippen LogP contribution in [-0.4, -0.2) is 10.1 Å². The van der Waals surface area contributed by atoms with Crippen LogP contribution in [0.15, 0.2) is 9.21 Å². The Morgan fingerprint density at radius 3 is 2.79 bits per heavy atom. The quantitative estimate of drug-likeness (QED) is 0.601. The summed E-state index contributed by atoms with van der Waals surface area (Å²) >= 11 is 0. The lowest BCUT2D eigenvalue weighted by molar-refractivity contribution is 0.316. The maximum Gasteiger partial charge on any atom is 0.419 e. The molecule has 0 aliphatic rings. The van der Waals surface area contributed by atoms with Gasteiger partial charge in [-0.15, -0.1) is 6.42 Å². The van der Waals surface area contributed by atoms with Crippen molar-refractivity contribution in [3.63, 3.8) is 0 Å². The summed E-state index contributed by atoms with van der Waals surface area (Å²) in [5.41, 5.74) is 0.227. The van der Waals surface area contributed by atoms with Gasteiger partial charge in [-0.2, -0.15) is 0 Å². The maximum absolute atomic E-state index is 10.6. The lowest BCUT2D eigenvalue weighted by Crippen LogP contribution is -1.96. The van der Waals surface area contributed by atoms with Crippen LogP contribution in [-0.2, 0) is 6.42 Å². The van der Waals surface area contributed by atoms with Crippen LogP contribution in [0.4, 0.5) is 0 Å². The van der Waals surface area contributed by atoms with E-state index in [2.05, 4.69) is 39.0 Å². The Morgan fingerprint density at radius 2 is 2.21 bits per heavy atom. The minimum Gasteiger partial charge on any atom is -0.479 e. The molecule has 0 atom stereocenters. The van der Waals surface area contributed by atoms with Crippen molar-refractivity contribution in [1.82, 2.24) is 4.98 Å². The Hall–Kier alpha value is -2.51. The summed E-state index contributed by atoms with van der Waals surface area (Å²) in [4.78, 5) is 12.8. The number of rotatable bonds is 1. The highest BCUT2D eigenvalue weighted by Crippen LogP contribution is 2.10. The first kappa shape index (κ1) is 9.58. The molecule has 1 aromatic heterocycles. The maximum atomic E-state index is 10.6. The molecule has 0 aliphatic carbocycles. The summed E-state index contributed by atoms with van der Waals surface area (Å²) in [6, 6.07) is 0. The summed E-state index contributed by atoms with van der Waals surface area (Å²) in [6.45, 7) is 0. The highest BCUT2D eigenvalue weighted by Gasteiger charge is 2.05. The summed E-state index contributed by atoms with van der Waals surface area (Å²) in [5, 5.41) is 9.00. The third-order valence-corrected chi connectivity index (χ3v) is 1.25. The Bertz CT molecular complexity index is 534. The van der Waals surface area contributed by atoms with Crippen LogP contribution >= 0.6 is 0 Å². The molecule has 14 heavy (non-hydrogen) atoms. The van der Waals surface area contributed by atoms with E-state index in [9.17, 15) is 4.79 Å². The van der Waals surface area contributed by atoms with Gasteiger partial charge in [0.1, 0.15) is 5.69 Å². The monoisotopic (exact) mass is 187 g/mol. The van der Waals surface area contributed by atoms with E-state index in [4.69, 9.17) is 11.5 Å². The van der Waals surface area contributed by atoms with Gasteiger partial charge >= 0.3 is 11.7 Å². The molecule has 0 saturated heterocycles. The second kappa shape index (κ2) is 4.50. The predicted molar refractivity (Wildman–Crippen MR) is 49.1 cm³/mol. The lowest BCUT2D eigenvalue weighted by atomic mass is 10.3. The van der Waals surface area contributed by atoms with Crippen LogP contribution in [0.5, 0.6) is 5.95 Å². The van der Waals surface area contributed by atoms with Gasteiger partial charge in [0.2, 0.25) is 0 Å². The molecule has 0 saturated carbocycles. The van der Waals surface area contributed by atoms with Crippen LogP contribution in [0.3, 0.4) is 0 Å². The van der Waals surface area contributed by atoms with E-state index < -0.39 is 11.7 Å². The molecule has 0 bridgehead atoms. The van der Waals surface area contributed by atoms with E-state index >= 15 is 0 Å². The fraction of sp³-hybridized carbons (Fsp3) is 0.100. The van der Waals surface area contributed by atoms with Crippen LogP contribution in [0, 0.1) is 36.0 Å². The first-order chi connectivity index (χ1) is 6.74. The van der Waals surface area contributed by atoms with Gasteiger partial charge in [0.05, 0.1) is 6.42 Å². The molecular weight excluding hydrogens is 182 g/mol. The topological polar surface area (TPSA) is 66.2 Å². The molecule has 1 rings (SSSR count). The first-order valence-electron chi connectivity index (χ1n) is 3.58. The average molecular weight is 187 g/mol. The molecule has 0 amide bonds. The van der Waals surface area contributed by atoms with Crippen LogP contribution in [0.25, 0.3) is 0 Å². The summed E-state index contributed by atoms with van der Waals surface area (Å²) in [6.07, 6.45) is 5.01. The number of oxazole rings is 1. The number of aromatic amines is 1. The minimum absolute atomic E-state index is 0.150. The van der Waals surface area contributed by atoms with E-state index in [0.717, 1.165) is 0 Å². The second-order valence-corrected chi connectivity index (χ2v) is 2.17. The van der Waals surface area contributed by atoms with E-state index in [0.29, 0.717) is 0 Å². The average Bonchev–Trinajstić information content (AvgIpc) is 2.45. The Balaban J connectivity index is 2.70.